The minimum Gasteiger partial charge on any atom is -0.449 e. The van der Waals surface area contributed by atoms with E-state index < -0.39 is 24.2 Å². The maximum Gasteiger partial charge on any atom is 0.573 e. The zero-order valence-electron chi connectivity index (χ0n) is 17.1. The molecule has 2 aromatic rings. The average molecular weight is 470 g/mol. The highest BCUT2D eigenvalue weighted by Gasteiger charge is 2.35. The molecule has 2 aromatic carbocycles. The predicted octanol–water partition coefficient (Wildman–Crippen LogP) is 5.68. The lowest BCUT2D eigenvalue weighted by molar-refractivity contribution is -0.274. The summed E-state index contributed by atoms with van der Waals surface area (Å²) in [6.45, 7) is 3.63. The zero-order valence-corrected chi connectivity index (χ0v) is 17.9. The van der Waals surface area contributed by atoms with Gasteiger partial charge in [0.05, 0.1) is 24.6 Å². The van der Waals surface area contributed by atoms with Crippen LogP contribution in [-0.4, -0.2) is 42.4 Å². The van der Waals surface area contributed by atoms with E-state index in [1.54, 1.807) is 31.2 Å². The summed E-state index contributed by atoms with van der Waals surface area (Å²) < 4.78 is 46.0. The number of imide groups is 1. The molecule has 1 atom stereocenters. The maximum atomic E-state index is 13.2. The van der Waals surface area contributed by atoms with Crippen LogP contribution in [0.15, 0.2) is 53.6 Å². The Morgan fingerprint density at radius 3 is 2.34 bits per heavy atom. The first-order chi connectivity index (χ1) is 15.1. The normalized spacial score (nSPS) is 15.9. The van der Waals surface area contributed by atoms with Gasteiger partial charge in [-0.1, -0.05) is 30.7 Å². The van der Waals surface area contributed by atoms with Gasteiger partial charge in [-0.05, 0) is 48.9 Å². The van der Waals surface area contributed by atoms with Crippen molar-refractivity contribution in [2.24, 2.45) is 11.0 Å². The molecule has 0 fully saturated rings. The summed E-state index contributed by atoms with van der Waals surface area (Å²) in [6, 6.07) is 10.4. The predicted molar refractivity (Wildman–Crippen MR) is 112 cm³/mol. The van der Waals surface area contributed by atoms with Crippen molar-refractivity contribution in [2.45, 2.75) is 20.2 Å². The molecule has 0 saturated heterocycles. The Morgan fingerprint density at radius 2 is 1.78 bits per heavy atom. The Labute approximate surface area is 187 Å². The molecule has 0 saturated carbocycles. The van der Waals surface area contributed by atoms with E-state index in [-0.39, 0.29) is 24.8 Å². The summed E-state index contributed by atoms with van der Waals surface area (Å²) in [4.78, 5) is 26.4. The second kappa shape index (κ2) is 9.47. The molecule has 170 valence electrons. The Balaban J connectivity index is 1.88. The molecule has 7 nitrogen and oxygen atoms in total. The van der Waals surface area contributed by atoms with Gasteiger partial charge in [0.15, 0.2) is 0 Å². The van der Waals surface area contributed by atoms with Gasteiger partial charge in [-0.15, -0.1) is 13.2 Å². The number of nitrogens with zero attached hydrogens (tertiary/aromatic N) is 3. The Bertz CT molecular complexity index is 1010. The number of hydrazone groups is 1. The number of hydrogen-bond donors (Lipinski definition) is 0. The van der Waals surface area contributed by atoms with Gasteiger partial charge in [-0.25, -0.2) is 14.6 Å². The number of rotatable bonds is 4. The quantitative estimate of drug-likeness (QED) is 0.577. The number of carbonyl (C=O) groups excluding carboxylic acids is 2. The molecule has 11 heteroatoms. The van der Waals surface area contributed by atoms with Crippen LogP contribution in [0.3, 0.4) is 0 Å². The lowest BCUT2D eigenvalue weighted by Crippen LogP contribution is -2.44. The molecule has 0 N–H and O–H groups in total. The number of benzene rings is 2. The monoisotopic (exact) mass is 469 g/mol. The van der Waals surface area contributed by atoms with Gasteiger partial charge in [-0.3, -0.25) is 0 Å². The number of alkyl halides is 3. The largest absolute Gasteiger partial charge is 0.573 e. The maximum absolute atomic E-state index is 13.2. The topological polar surface area (TPSA) is 71.4 Å². The van der Waals surface area contributed by atoms with E-state index in [2.05, 4.69) is 9.84 Å². The molecular formula is C21H19ClF3N3O4. The highest BCUT2D eigenvalue weighted by atomic mass is 35.5. The molecule has 0 radical (unpaired) electrons. The molecular weight excluding hydrogens is 451 g/mol. The van der Waals surface area contributed by atoms with E-state index in [9.17, 15) is 22.8 Å². The molecule has 1 heterocycles. The standard InChI is InChI=1S/C21H19ClF3N3O4/c1-3-31-20(30)28(16-8-10-17(11-9-16)32-21(23,24)25)19(29)27-12-13(2)18(26-27)14-4-6-15(22)7-5-14/h4-11,13H,3,12H2,1-2H3. The van der Waals surface area contributed by atoms with Gasteiger partial charge in [0, 0.05) is 10.9 Å². The summed E-state index contributed by atoms with van der Waals surface area (Å²) in [6.07, 6.45) is -5.85. The van der Waals surface area contributed by atoms with Crippen molar-refractivity contribution < 1.29 is 32.2 Å². The molecule has 1 aliphatic rings. The molecule has 0 aliphatic carbocycles. The molecule has 0 bridgehead atoms. The van der Waals surface area contributed by atoms with Crippen LogP contribution in [0, 0.1) is 5.92 Å². The number of hydrogen-bond acceptors (Lipinski definition) is 5. The first kappa shape index (κ1) is 23.4. The lowest BCUT2D eigenvalue weighted by atomic mass is 10.00. The second-order valence-corrected chi connectivity index (χ2v) is 7.27. The second-order valence-electron chi connectivity index (χ2n) is 6.83. The van der Waals surface area contributed by atoms with Gasteiger partial charge in [0.25, 0.3) is 0 Å². The van der Waals surface area contributed by atoms with Crippen LogP contribution in [0.4, 0.5) is 28.4 Å². The number of urea groups is 1. The summed E-state index contributed by atoms with van der Waals surface area (Å²) >= 11 is 5.92. The highest BCUT2D eigenvalue weighted by molar-refractivity contribution is 6.30. The van der Waals surface area contributed by atoms with Crippen LogP contribution < -0.4 is 9.64 Å². The van der Waals surface area contributed by atoms with Crippen molar-refractivity contribution in [3.8, 4) is 5.75 Å². The Hall–Kier alpha value is -3.27. The van der Waals surface area contributed by atoms with Crippen LogP contribution in [0.5, 0.6) is 5.75 Å². The SMILES string of the molecule is CCOC(=O)N(C(=O)N1CC(C)C(c2ccc(Cl)cc2)=N1)c1ccc(OC(F)(F)F)cc1. The number of anilines is 1. The van der Waals surface area contributed by atoms with E-state index >= 15 is 0 Å². The van der Waals surface area contributed by atoms with E-state index in [4.69, 9.17) is 16.3 Å². The van der Waals surface area contributed by atoms with Gasteiger partial charge >= 0.3 is 18.5 Å². The van der Waals surface area contributed by atoms with E-state index in [1.807, 2.05) is 6.92 Å². The van der Waals surface area contributed by atoms with Crippen LogP contribution >= 0.6 is 11.6 Å². The summed E-state index contributed by atoms with van der Waals surface area (Å²) in [5, 5.41) is 6.03. The third-order valence-electron chi connectivity index (χ3n) is 4.47. The number of amides is 3. The zero-order chi connectivity index (χ0) is 23.5. The summed E-state index contributed by atoms with van der Waals surface area (Å²) in [5.74, 6) is -0.623. The van der Waals surface area contributed by atoms with E-state index in [1.165, 1.54) is 0 Å². The molecule has 3 amide bonds. The van der Waals surface area contributed by atoms with Crippen molar-refractivity contribution >= 4 is 35.1 Å². The van der Waals surface area contributed by atoms with Gasteiger partial charge in [0.1, 0.15) is 5.75 Å². The Kier molecular flexibility index (Phi) is 6.93. The average Bonchev–Trinajstić information content (AvgIpc) is 3.11. The molecule has 0 aromatic heterocycles. The summed E-state index contributed by atoms with van der Waals surface area (Å²) in [7, 11) is 0. The fourth-order valence-electron chi connectivity index (χ4n) is 3.09. The number of halogens is 4. The van der Waals surface area contributed by atoms with Crippen LogP contribution in [0.25, 0.3) is 0 Å². The van der Waals surface area contributed by atoms with Crippen LogP contribution in [0.2, 0.25) is 5.02 Å². The van der Waals surface area contributed by atoms with E-state index in [0.717, 1.165) is 34.8 Å². The number of carbonyl (C=O) groups is 2. The third-order valence-corrected chi connectivity index (χ3v) is 4.72. The van der Waals surface area contributed by atoms with Gasteiger partial charge in [-0.2, -0.15) is 10.0 Å². The smallest absolute Gasteiger partial charge is 0.449 e. The van der Waals surface area contributed by atoms with Crippen LogP contribution in [0.1, 0.15) is 19.4 Å². The first-order valence-electron chi connectivity index (χ1n) is 9.57. The van der Waals surface area contributed by atoms with Crippen molar-refractivity contribution in [3.05, 3.63) is 59.1 Å². The Morgan fingerprint density at radius 1 is 1.16 bits per heavy atom. The van der Waals surface area contributed by atoms with Gasteiger partial charge < -0.3 is 9.47 Å². The lowest BCUT2D eigenvalue weighted by Gasteiger charge is -2.24. The van der Waals surface area contributed by atoms with E-state index in [0.29, 0.717) is 15.6 Å². The fourth-order valence-corrected chi connectivity index (χ4v) is 3.22. The van der Waals surface area contributed by atoms with Crippen molar-refractivity contribution in [1.29, 1.82) is 0 Å². The highest BCUT2D eigenvalue weighted by Crippen LogP contribution is 2.28. The molecule has 1 unspecified atom stereocenters. The third kappa shape index (κ3) is 5.50. The minimum absolute atomic E-state index is 0.00534. The molecule has 3 rings (SSSR count). The molecule has 1 aliphatic heterocycles. The minimum atomic E-state index is -4.86. The fraction of sp³-hybridized carbons (Fsp3) is 0.286. The first-order valence-corrected chi connectivity index (χ1v) is 9.95. The van der Waals surface area contributed by atoms with Crippen LogP contribution in [-0.2, 0) is 4.74 Å². The van der Waals surface area contributed by atoms with Gasteiger partial charge in [0.2, 0.25) is 0 Å². The number of ether oxygens (including phenoxy) is 2. The van der Waals surface area contributed by atoms with Crippen molar-refractivity contribution in [3.63, 3.8) is 0 Å². The molecule has 32 heavy (non-hydrogen) atoms. The van der Waals surface area contributed by atoms with Crippen molar-refractivity contribution in [1.82, 2.24) is 5.01 Å². The summed E-state index contributed by atoms with van der Waals surface area (Å²) in [5.41, 5.74) is 1.41. The molecule has 0 spiro atoms. The van der Waals surface area contributed by atoms with Crippen molar-refractivity contribution in [2.75, 3.05) is 18.1 Å².